The average molecular weight is 415 g/mol. The van der Waals surface area contributed by atoms with Crippen LogP contribution < -0.4 is 10.6 Å². The Kier molecular flexibility index (Phi) is 8.36. The molecule has 3 unspecified atom stereocenters. The lowest BCUT2D eigenvalue weighted by Crippen LogP contribution is -2.51. The van der Waals surface area contributed by atoms with Gasteiger partial charge in [0.15, 0.2) is 0 Å². The van der Waals surface area contributed by atoms with Crippen LogP contribution in [0.1, 0.15) is 42.8 Å². The molecule has 1 aromatic rings. The highest BCUT2D eigenvalue weighted by Gasteiger charge is 2.34. The molecule has 0 aromatic carbocycles. The first kappa shape index (κ1) is 21.5. The Labute approximate surface area is 174 Å². The van der Waals surface area contributed by atoms with Crippen LogP contribution in [0.5, 0.6) is 0 Å². The van der Waals surface area contributed by atoms with Gasteiger partial charge in [0.1, 0.15) is 0 Å². The number of ether oxygens (including phenoxy) is 1. The molecule has 3 aliphatic rings. The molecule has 7 heteroatoms. The number of aryl methyl sites for hydroxylation is 1. The first-order valence-electron chi connectivity index (χ1n) is 10.5. The number of rotatable bonds is 6. The number of nitrogens with one attached hydrogen (secondary N) is 2. The number of morpholine rings is 1. The topological polar surface area (TPSA) is 49.4 Å². The Hall–Kier alpha value is -0.240. The molecule has 3 fully saturated rings. The summed E-state index contributed by atoms with van der Waals surface area (Å²) in [5, 5.41) is 11.0. The Bertz CT molecular complexity index is 558. The van der Waals surface area contributed by atoms with Crippen molar-refractivity contribution in [1.29, 1.82) is 0 Å². The van der Waals surface area contributed by atoms with Crippen LogP contribution in [-0.2, 0) is 11.3 Å². The number of halogens is 1. The molecule has 27 heavy (non-hydrogen) atoms. The summed E-state index contributed by atoms with van der Waals surface area (Å²) in [4.78, 5) is 7.19. The number of likely N-dealkylation sites (tertiary alicyclic amines) is 1. The molecule has 0 amide bonds. The Morgan fingerprint density at radius 1 is 1.30 bits per heavy atom. The first-order chi connectivity index (χ1) is 12.8. The van der Waals surface area contributed by atoms with Crippen LogP contribution in [0.25, 0.3) is 0 Å². The molecule has 1 aliphatic carbocycles. The van der Waals surface area contributed by atoms with E-state index in [0.717, 1.165) is 38.1 Å². The molecule has 1 saturated carbocycles. The van der Waals surface area contributed by atoms with E-state index in [-0.39, 0.29) is 12.4 Å². The van der Waals surface area contributed by atoms with Crippen LogP contribution in [0.15, 0.2) is 5.38 Å². The van der Waals surface area contributed by atoms with E-state index in [2.05, 4.69) is 32.8 Å². The van der Waals surface area contributed by atoms with E-state index >= 15 is 0 Å². The fourth-order valence-electron chi connectivity index (χ4n) is 4.96. The first-order valence-corrected chi connectivity index (χ1v) is 11.3. The van der Waals surface area contributed by atoms with Gasteiger partial charge in [-0.1, -0.05) is 6.42 Å². The number of piperidine rings is 1. The van der Waals surface area contributed by atoms with E-state index in [9.17, 15) is 0 Å². The van der Waals surface area contributed by atoms with E-state index in [1.807, 2.05) is 0 Å². The Morgan fingerprint density at radius 2 is 2.15 bits per heavy atom. The molecule has 2 saturated heterocycles. The minimum atomic E-state index is 0. The summed E-state index contributed by atoms with van der Waals surface area (Å²) in [6, 6.07) is 1.25. The van der Waals surface area contributed by atoms with E-state index in [0.29, 0.717) is 12.1 Å². The van der Waals surface area contributed by atoms with Crippen molar-refractivity contribution in [3.8, 4) is 0 Å². The molecule has 0 spiro atoms. The fourth-order valence-corrected chi connectivity index (χ4v) is 5.56. The van der Waals surface area contributed by atoms with Crippen molar-refractivity contribution in [3.63, 3.8) is 0 Å². The number of hydrogen-bond acceptors (Lipinski definition) is 6. The second kappa shape index (κ2) is 10.5. The van der Waals surface area contributed by atoms with Gasteiger partial charge in [0.05, 0.1) is 23.9 Å². The van der Waals surface area contributed by atoms with E-state index in [1.165, 1.54) is 62.4 Å². The van der Waals surface area contributed by atoms with Crippen LogP contribution in [0.3, 0.4) is 0 Å². The monoisotopic (exact) mass is 414 g/mol. The standard InChI is InChI=1S/C20H34N4OS.ClH/c1-15-23-17(14-26-15)12-24-8-5-16(6-9-24)11-22-19-4-2-3-18(19)20-13-25-10-7-21-20;/h14,16,18-22H,2-13H2,1H3;1H. The summed E-state index contributed by atoms with van der Waals surface area (Å²) in [7, 11) is 0. The van der Waals surface area contributed by atoms with Gasteiger partial charge in [-0.2, -0.15) is 0 Å². The number of nitrogens with zero attached hydrogens (tertiary/aromatic N) is 2. The highest BCUT2D eigenvalue weighted by molar-refractivity contribution is 7.09. The average Bonchev–Trinajstić information content (AvgIpc) is 3.31. The lowest BCUT2D eigenvalue weighted by Gasteiger charge is -2.35. The zero-order valence-corrected chi connectivity index (χ0v) is 18.1. The minimum Gasteiger partial charge on any atom is -0.379 e. The predicted molar refractivity (Wildman–Crippen MR) is 114 cm³/mol. The van der Waals surface area contributed by atoms with Gasteiger partial charge < -0.3 is 15.4 Å². The predicted octanol–water partition coefficient (Wildman–Crippen LogP) is 2.83. The molecule has 4 rings (SSSR count). The Balaban J connectivity index is 0.00000210. The highest BCUT2D eigenvalue weighted by atomic mass is 35.5. The van der Waals surface area contributed by atoms with Gasteiger partial charge in [0.25, 0.3) is 0 Å². The lowest BCUT2D eigenvalue weighted by atomic mass is 9.92. The van der Waals surface area contributed by atoms with Crippen molar-refractivity contribution >= 4 is 23.7 Å². The molecule has 0 bridgehead atoms. The second-order valence-electron chi connectivity index (χ2n) is 8.32. The van der Waals surface area contributed by atoms with Crippen molar-refractivity contribution < 1.29 is 4.74 Å². The number of hydrogen-bond donors (Lipinski definition) is 2. The van der Waals surface area contributed by atoms with Crippen LogP contribution in [-0.4, -0.2) is 61.4 Å². The second-order valence-corrected chi connectivity index (χ2v) is 9.38. The van der Waals surface area contributed by atoms with Gasteiger partial charge in [-0.25, -0.2) is 4.98 Å². The highest BCUT2D eigenvalue weighted by Crippen LogP contribution is 2.30. The van der Waals surface area contributed by atoms with Gasteiger partial charge in [-0.3, -0.25) is 4.90 Å². The van der Waals surface area contributed by atoms with Crippen molar-refractivity contribution in [2.24, 2.45) is 11.8 Å². The summed E-state index contributed by atoms with van der Waals surface area (Å²) in [5.74, 6) is 1.59. The molecule has 2 N–H and O–H groups in total. The SMILES string of the molecule is Cc1nc(CN2CCC(CNC3CCCC3C3COCCN3)CC2)cs1.Cl. The van der Waals surface area contributed by atoms with Crippen molar-refractivity contribution in [1.82, 2.24) is 20.5 Å². The van der Waals surface area contributed by atoms with E-state index in [4.69, 9.17) is 4.74 Å². The molecule has 154 valence electrons. The van der Waals surface area contributed by atoms with Crippen molar-refractivity contribution in [2.75, 3.05) is 39.4 Å². The fraction of sp³-hybridized carbons (Fsp3) is 0.850. The molecule has 0 radical (unpaired) electrons. The summed E-state index contributed by atoms with van der Waals surface area (Å²) < 4.78 is 5.70. The zero-order valence-electron chi connectivity index (χ0n) is 16.5. The van der Waals surface area contributed by atoms with Crippen LogP contribution in [0.2, 0.25) is 0 Å². The van der Waals surface area contributed by atoms with E-state index in [1.54, 1.807) is 11.3 Å². The molecule has 5 nitrogen and oxygen atoms in total. The van der Waals surface area contributed by atoms with Crippen molar-refractivity contribution in [3.05, 3.63) is 16.1 Å². The molecule has 2 aliphatic heterocycles. The summed E-state index contributed by atoms with van der Waals surface area (Å²) in [6.07, 6.45) is 6.69. The molecule has 3 atom stereocenters. The quantitative estimate of drug-likeness (QED) is 0.749. The van der Waals surface area contributed by atoms with Crippen LogP contribution in [0, 0.1) is 18.8 Å². The maximum Gasteiger partial charge on any atom is 0.0897 e. The number of aromatic nitrogens is 1. The summed E-state index contributed by atoms with van der Waals surface area (Å²) >= 11 is 1.77. The maximum absolute atomic E-state index is 5.70. The van der Waals surface area contributed by atoms with E-state index < -0.39 is 0 Å². The van der Waals surface area contributed by atoms with Gasteiger partial charge in [0.2, 0.25) is 0 Å². The summed E-state index contributed by atoms with van der Waals surface area (Å²) in [6.45, 7) is 9.55. The molecule has 1 aromatic heterocycles. The van der Waals surface area contributed by atoms with Gasteiger partial charge >= 0.3 is 0 Å². The van der Waals surface area contributed by atoms with Gasteiger partial charge in [0, 0.05) is 30.6 Å². The molecular formula is C20H35ClN4OS. The third-order valence-corrected chi connectivity index (χ3v) is 7.29. The largest absolute Gasteiger partial charge is 0.379 e. The normalized spacial score (nSPS) is 30.3. The minimum absolute atomic E-state index is 0. The zero-order chi connectivity index (χ0) is 17.8. The third-order valence-electron chi connectivity index (χ3n) is 6.46. The molecular weight excluding hydrogens is 380 g/mol. The van der Waals surface area contributed by atoms with Crippen LogP contribution in [0.4, 0.5) is 0 Å². The number of thiazole rings is 1. The third kappa shape index (κ3) is 5.87. The summed E-state index contributed by atoms with van der Waals surface area (Å²) in [5.41, 5.74) is 1.25. The molecule has 3 heterocycles. The van der Waals surface area contributed by atoms with Crippen LogP contribution >= 0.6 is 23.7 Å². The smallest absolute Gasteiger partial charge is 0.0897 e. The van der Waals surface area contributed by atoms with Gasteiger partial charge in [-0.05, 0) is 64.1 Å². The lowest BCUT2D eigenvalue weighted by molar-refractivity contribution is 0.0519. The van der Waals surface area contributed by atoms with Gasteiger partial charge in [-0.15, -0.1) is 23.7 Å². The van der Waals surface area contributed by atoms with Crippen molar-refractivity contribution in [2.45, 2.75) is 57.7 Å². The maximum atomic E-state index is 5.70. The Morgan fingerprint density at radius 3 is 2.85 bits per heavy atom.